The molecule has 0 spiro atoms. The molecule has 0 aliphatic rings. The third kappa shape index (κ3) is 5.67. The van der Waals surface area contributed by atoms with Crippen LogP contribution >= 0.6 is 11.6 Å². The highest BCUT2D eigenvalue weighted by Crippen LogP contribution is 2.27. The van der Waals surface area contributed by atoms with Crippen molar-refractivity contribution in [3.63, 3.8) is 0 Å². The van der Waals surface area contributed by atoms with Gasteiger partial charge in [-0.2, -0.15) is 0 Å². The topological polar surface area (TPSA) is 89.8 Å². The number of nitrogens with one attached hydrogen (secondary N) is 2. The second-order valence-electron chi connectivity index (χ2n) is 6.37. The number of amides is 2. The normalized spacial score (nSPS) is 11.0. The fourth-order valence-electron chi connectivity index (χ4n) is 2.76. The van der Waals surface area contributed by atoms with Crippen molar-refractivity contribution in [2.24, 2.45) is 0 Å². The van der Waals surface area contributed by atoms with Crippen molar-refractivity contribution in [1.82, 2.24) is 10.6 Å². The first kappa shape index (κ1) is 22.0. The second-order valence-corrected chi connectivity index (χ2v) is 6.78. The van der Waals surface area contributed by atoms with Crippen LogP contribution in [0.1, 0.15) is 21.7 Å². The predicted molar refractivity (Wildman–Crippen MR) is 117 cm³/mol. The van der Waals surface area contributed by atoms with Gasteiger partial charge in [0.2, 0.25) is 0 Å². The van der Waals surface area contributed by atoms with Crippen LogP contribution < -0.4 is 20.1 Å². The fraction of sp³-hybridized carbons (Fsp3) is 0.130. The van der Waals surface area contributed by atoms with Gasteiger partial charge in [0.25, 0.3) is 11.8 Å². The predicted octanol–water partition coefficient (Wildman–Crippen LogP) is 4.04. The van der Waals surface area contributed by atoms with Crippen molar-refractivity contribution in [3.8, 4) is 11.5 Å². The van der Waals surface area contributed by atoms with Crippen LogP contribution in [0, 0.1) is 0 Å². The van der Waals surface area contributed by atoms with Gasteiger partial charge in [-0.15, -0.1) is 0 Å². The van der Waals surface area contributed by atoms with E-state index in [1.54, 1.807) is 42.5 Å². The van der Waals surface area contributed by atoms with E-state index in [0.717, 1.165) is 5.56 Å². The number of hydrogen-bond acceptors (Lipinski definition) is 5. The Morgan fingerprint density at radius 2 is 1.81 bits per heavy atom. The van der Waals surface area contributed by atoms with Crippen molar-refractivity contribution in [2.45, 2.75) is 6.54 Å². The minimum Gasteiger partial charge on any atom is -0.493 e. The number of rotatable bonds is 8. The van der Waals surface area contributed by atoms with E-state index in [1.165, 1.54) is 32.6 Å². The molecule has 160 valence electrons. The zero-order chi connectivity index (χ0) is 22.2. The Kier molecular flexibility index (Phi) is 7.35. The molecule has 0 saturated carbocycles. The summed E-state index contributed by atoms with van der Waals surface area (Å²) in [6.45, 7) is 0.195. The first-order valence-corrected chi connectivity index (χ1v) is 9.69. The van der Waals surface area contributed by atoms with Gasteiger partial charge in [-0.25, -0.2) is 0 Å². The molecule has 0 radical (unpaired) electrons. The number of carbonyl (C=O) groups excluding carboxylic acids is 2. The van der Waals surface area contributed by atoms with E-state index in [2.05, 4.69) is 10.6 Å². The molecule has 0 bridgehead atoms. The molecule has 0 aliphatic carbocycles. The Bertz CT molecular complexity index is 1090. The molecule has 2 N–H and O–H groups in total. The van der Waals surface area contributed by atoms with Crippen LogP contribution in [0.15, 0.2) is 71.0 Å². The smallest absolute Gasteiger partial charge is 0.268 e. The number of benzene rings is 2. The molecule has 8 heteroatoms. The van der Waals surface area contributed by atoms with Crippen LogP contribution in [0.25, 0.3) is 6.08 Å². The van der Waals surface area contributed by atoms with Gasteiger partial charge < -0.3 is 24.5 Å². The van der Waals surface area contributed by atoms with Crippen LogP contribution in [0.5, 0.6) is 11.5 Å². The quantitative estimate of drug-likeness (QED) is 0.516. The van der Waals surface area contributed by atoms with Crippen LogP contribution in [-0.2, 0) is 11.3 Å². The molecular formula is C23H21ClN2O5. The van der Waals surface area contributed by atoms with Crippen LogP contribution in [0.2, 0.25) is 5.02 Å². The van der Waals surface area contributed by atoms with Gasteiger partial charge >= 0.3 is 0 Å². The lowest BCUT2D eigenvalue weighted by molar-refractivity contribution is -0.117. The number of hydrogen-bond donors (Lipinski definition) is 2. The lowest BCUT2D eigenvalue weighted by atomic mass is 10.1. The van der Waals surface area contributed by atoms with Crippen LogP contribution in [0.4, 0.5) is 0 Å². The lowest BCUT2D eigenvalue weighted by Crippen LogP contribution is -2.34. The summed E-state index contributed by atoms with van der Waals surface area (Å²) in [6.07, 6.45) is 2.92. The first-order chi connectivity index (χ1) is 15.0. The summed E-state index contributed by atoms with van der Waals surface area (Å²) < 4.78 is 15.7. The van der Waals surface area contributed by atoms with Crippen molar-refractivity contribution >= 4 is 29.5 Å². The zero-order valence-corrected chi connectivity index (χ0v) is 17.7. The minimum absolute atomic E-state index is 0.0155. The molecule has 31 heavy (non-hydrogen) atoms. The molecule has 3 rings (SSSR count). The van der Waals surface area contributed by atoms with Crippen molar-refractivity contribution < 1.29 is 23.5 Å². The molecule has 7 nitrogen and oxygen atoms in total. The van der Waals surface area contributed by atoms with E-state index in [-0.39, 0.29) is 12.2 Å². The molecule has 1 aromatic heterocycles. The van der Waals surface area contributed by atoms with Gasteiger partial charge in [0.1, 0.15) is 11.5 Å². The number of furan rings is 1. The molecule has 0 aliphatic heterocycles. The summed E-state index contributed by atoms with van der Waals surface area (Å²) >= 11 is 6.15. The molecule has 0 fully saturated rings. The van der Waals surface area contributed by atoms with Crippen molar-refractivity contribution in [3.05, 3.63) is 88.5 Å². The molecule has 0 saturated heterocycles. The summed E-state index contributed by atoms with van der Waals surface area (Å²) in [5.74, 6) is 0.310. The van der Waals surface area contributed by atoms with E-state index in [4.69, 9.17) is 25.5 Å². The number of ether oxygens (including phenoxy) is 2. The number of carbonyl (C=O) groups is 2. The molecule has 0 unspecified atom stereocenters. The molecular weight excluding hydrogens is 420 g/mol. The zero-order valence-electron chi connectivity index (χ0n) is 17.0. The monoisotopic (exact) mass is 440 g/mol. The largest absolute Gasteiger partial charge is 0.493 e. The molecule has 3 aromatic rings. The molecule has 2 aromatic carbocycles. The number of methoxy groups -OCH3 is 2. The van der Waals surface area contributed by atoms with Gasteiger partial charge in [-0.1, -0.05) is 29.8 Å². The Labute approximate surface area is 184 Å². The highest BCUT2D eigenvalue weighted by Gasteiger charge is 2.17. The van der Waals surface area contributed by atoms with Crippen molar-refractivity contribution in [2.75, 3.05) is 14.2 Å². The maximum absolute atomic E-state index is 12.8. The minimum atomic E-state index is -0.495. The summed E-state index contributed by atoms with van der Waals surface area (Å²) in [4.78, 5) is 25.6. The Morgan fingerprint density at radius 1 is 1.03 bits per heavy atom. The van der Waals surface area contributed by atoms with E-state index in [9.17, 15) is 9.59 Å². The fourth-order valence-corrected chi connectivity index (χ4v) is 2.96. The summed E-state index contributed by atoms with van der Waals surface area (Å²) in [5.41, 5.74) is 1.06. The summed E-state index contributed by atoms with van der Waals surface area (Å²) in [5, 5.41) is 5.92. The standard InChI is InChI=1S/C23H21ClN2O5/c1-29-20-10-9-15(12-21(20)30-2)22(27)26-19(13-17-7-5-11-31-17)23(28)25-14-16-6-3-4-8-18(16)24/h3-13H,14H2,1-2H3,(H,25,28)(H,26,27)/b19-13-. The highest BCUT2D eigenvalue weighted by atomic mass is 35.5. The van der Waals surface area contributed by atoms with Crippen LogP contribution in [-0.4, -0.2) is 26.0 Å². The average molecular weight is 441 g/mol. The van der Waals surface area contributed by atoms with Crippen molar-refractivity contribution in [1.29, 1.82) is 0 Å². The molecule has 2 amide bonds. The number of halogens is 1. The Balaban J connectivity index is 1.80. The molecule has 0 atom stereocenters. The Hall–Kier alpha value is -3.71. The maximum Gasteiger partial charge on any atom is 0.268 e. The third-order valence-corrected chi connectivity index (χ3v) is 4.73. The maximum atomic E-state index is 12.8. The van der Waals surface area contributed by atoms with E-state index in [0.29, 0.717) is 27.8 Å². The Morgan fingerprint density at radius 3 is 2.48 bits per heavy atom. The van der Waals surface area contributed by atoms with Gasteiger partial charge in [-0.05, 0) is 42.0 Å². The molecule has 1 heterocycles. The summed E-state index contributed by atoms with van der Waals surface area (Å²) in [7, 11) is 2.98. The first-order valence-electron chi connectivity index (χ1n) is 9.32. The van der Waals surface area contributed by atoms with Gasteiger partial charge in [0.05, 0.1) is 20.5 Å². The van der Waals surface area contributed by atoms with Gasteiger partial charge in [-0.3, -0.25) is 9.59 Å². The van der Waals surface area contributed by atoms with E-state index in [1.807, 2.05) is 6.07 Å². The summed E-state index contributed by atoms with van der Waals surface area (Å²) in [6, 6.07) is 15.2. The van der Waals surface area contributed by atoms with E-state index < -0.39 is 11.8 Å². The van der Waals surface area contributed by atoms with E-state index >= 15 is 0 Å². The SMILES string of the molecule is COc1ccc(C(=O)N/C(=C\c2ccco2)C(=O)NCc2ccccc2Cl)cc1OC. The van der Waals surface area contributed by atoms with Crippen LogP contribution in [0.3, 0.4) is 0 Å². The third-order valence-electron chi connectivity index (χ3n) is 4.37. The highest BCUT2D eigenvalue weighted by molar-refractivity contribution is 6.31. The second kappa shape index (κ2) is 10.4. The van der Waals surface area contributed by atoms with Gasteiger partial charge in [0.15, 0.2) is 11.5 Å². The average Bonchev–Trinajstić information content (AvgIpc) is 3.30. The lowest BCUT2D eigenvalue weighted by Gasteiger charge is -2.13. The van der Waals surface area contributed by atoms with Gasteiger partial charge in [0, 0.05) is 23.2 Å².